The lowest BCUT2D eigenvalue weighted by atomic mass is 10.5. The summed E-state index contributed by atoms with van der Waals surface area (Å²) in [6.45, 7) is 3.62. The molecule has 0 saturated carbocycles. The molecule has 0 bridgehead atoms. The minimum absolute atomic E-state index is 0.540. The van der Waals surface area contributed by atoms with Crippen LogP contribution >= 0.6 is 0 Å². The van der Waals surface area contributed by atoms with Gasteiger partial charge >= 0.3 is 26.2 Å². The van der Waals surface area contributed by atoms with Crippen LogP contribution in [0.15, 0.2) is 0 Å². The van der Waals surface area contributed by atoms with Crippen LogP contribution in [-0.2, 0) is 25.9 Å². The van der Waals surface area contributed by atoms with E-state index in [1.807, 2.05) is 6.55 Å². The van der Waals surface area contributed by atoms with Gasteiger partial charge in [-0.2, -0.15) is 0 Å². The van der Waals surface area contributed by atoms with E-state index in [0.717, 1.165) is 19.3 Å². The van der Waals surface area contributed by atoms with E-state index in [9.17, 15) is 0 Å². The normalized spacial score (nSPS) is 13.4. The Morgan fingerprint density at radius 3 is 1.15 bits per heavy atom. The summed E-state index contributed by atoms with van der Waals surface area (Å²) in [5.41, 5.74) is 17.1. The molecule has 0 aliphatic heterocycles. The molecule has 0 rings (SSSR count). The topological polar surface area (TPSA) is 133 Å². The van der Waals surface area contributed by atoms with Gasteiger partial charge in [0.2, 0.25) is 0 Å². The molecule has 0 aromatic heterocycles. The fourth-order valence-electron chi connectivity index (χ4n) is 2.68. The maximum atomic E-state index is 6.51. The fraction of sp³-hybridized carbons (Fsp3) is 1.00. The summed E-state index contributed by atoms with van der Waals surface area (Å²) in [5.74, 6) is 0. The quantitative estimate of drug-likeness (QED) is 0.284. The monoisotopic (exact) mass is 429 g/mol. The van der Waals surface area contributed by atoms with Gasteiger partial charge in [0.05, 0.1) is 0 Å². The van der Waals surface area contributed by atoms with Crippen molar-refractivity contribution in [3.63, 3.8) is 0 Å². The molecular weight excluding hydrogens is 390 g/mol. The molecule has 158 valence electrons. The van der Waals surface area contributed by atoms with E-state index in [1.54, 1.807) is 28.4 Å². The van der Waals surface area contributed by atoms with Gasteiger partial charge in [-0.15, -0.1) is 0 Å². The van der Waals surface area contributed by atoms with Crippen molar-refractivity contribution in [1.82, 2.24) is 0 Å². The zero-order valence-corrected chi connectivity index (χ0v) is 20.0. The Morgan fingerprint density at radius 1 is 0.577 bits per heavy atom. The first-order valence-electron chi connectivity index (χ1n) is 9.05. The first-order valence-corrected chi connectivity index (χ1v) is 15.4. The minimum Gasteiger partial charge on any atom is -0.393 e. The van der Waals surface area contributed by atoms with E-state index in [2.05, 4.69) is 0 Å². The number of hydrogen-bond donors (Lipinski definition) is 3. The second kappa shape index (κ2) is 13.5. The van der Waals surface area contributed by atoms with Crippen LogP contribution in [0, 0.1) is 0 Å². The molecule has 0 amide bonds. The molecule has 0 spiro atoms. The molecule has 0 aliphatic rings. The van der Waals surface area contributed by atoms with Crippen molar-refractivity contribution in [3.8, 4) is 0 Å². The van der Waals surface area contributed by atoms with E-state index < -0.39 is 26.2 Å². The second-order valence-electron chi connectivity index (χ2n) is 6.20. The van der Waals surface area contributed by atoms with Crippen molar-refractivity contribution in [2.24, 2.45) is 17.2 Å². The first kappa shape index (κ1) is 26.3. The second-order valence-corrected chi connectivity index (χ2v) is 16.0. The van der Waals surface area contributed by atoms with Crippen LogP contribution in [0.2, 0.25) is 24.7 Å². The van der Waals surface area contributed by atoms with Gasteiger partial charge in [-0.1, -0.05) is 0 Å². The highest BCUT2D eigenvalue weighted by molar-refractivity contribution is 6.83. The van der Waals surface area contributed by atoms with Gasteiger partial charge < -0.3 is 43.1 Å². The molecule has 0 fully saturated rings. The zero-order valence-electron chi connectivity index (χ0n) is 17.0. The standard InChI is InChI=1S/C14H39N3O6Si3/c1-18-25(19-2,13-7-10-16)22-24(5,12-6-9-15)23-26(20-3,21-4)14-8-11-17/h6-17H2,1-5H3. The van der Waals surface area contributed by atoms with Crippen LogP contribution < -0.4 is 17.2 Å². The molecule has 0 unspecified atom stereocenters. The van der Waals surface area contributed by atoms with Crippen LogP contribution in [-0.4, -0.2) is 74.2 Å². The Kier molecular flexibility index (Phi) is 13.6. The Hall–Kier alpha value is 0.291. The lowest BCUT2D eigenvalue weighted by molar-refractivity contribution is 0.113. The average molecular weight is 430 g/mol. The van der Waals surface area contributed by atoms with Crippen molar-refractivity contribution in [3.05, 3.63) is 0 Å². The van der Waals surface area contributed by atoms with Gasteiger partial charge in [0, 0.05) is 40.5 Å². The predicted octanol–water partition coefficient (Wildman–Crippen LogP) is 0.601. The van der Waals surface area contributed by atoms with Crippen molar-refractivity contribution in [1.29, 1.82) is 0 Å². The van der Waals surface area contributed by atoms with Crippen LogP contribution in [0.4, 0.5) is 0 Å². The molecule has 0 aromatic carbocycles. The summed E-state index contributed by atoms with van der Waals surface area (Å²) < 4.78 is 35.8. The number of rotatable bonds is 17. The van der Waals surface area contributed by atoms with Crippen molar-refractivity contribution in [2.75, 3.05) is 48.1 Å². The van der Waals surface area contributed by atoms with Gasteiger partial charge in [-0.3, -0.25) is 0 Å². The lowest BCUT2D eigenvalue weighted by Gasteiger charge is -2.41. The van der Waals surface area contributed by atoms with E-state index in [0.29, 0.717) is 37.8 Å². The summed E-state index contributed by atoms with van der Waals surface area (Å²) in [4.78, 5) is 0. The average Bonchev–Trinajstić information content (AvgIpc) is 2.67. The predicted molar refractivity (Wildman–Crippen MR) is 109 cm³/mol. The molecule has 0 saturated heterocycles. The molecule has 0 heterocycles. The molecule has 0 radical (unpaired) electrons. The van der Waals surface area contributed by atoms with Crippen molar-refractivity contribution < 1.29 is 25.9 Å². The molecule has 12 heteroatoms. The summed E-state index contributed by atoms with van der Waals surface area (Å²) in [7, 11) is -2.14. The summed E-state index contributed by atoms with van der Waals surface area (Å²) in [6.07, 6.45) is 2.27. The smallest absolute Gasteiger partial charge is 0.393 e. The fourth-order valence-corrected chi connectivity index (χ4v) is 14.7. The molecule has 26 heavy (non-hydrogen) atoms. The van der Waals surface area contributed by atoms with Crippen LogP contribution in [0.5, 0.6) is 0 Å². The summed E-state index contributed by atoms with van der Waals surface area (Å²) in [5, 5.41) is 0. The Balaban J connectivity index is 5.55. The Bertz CT molecular complexity index is 337. The number of nitrogens with two attached hydrogens (primary N) is 3. The highest BCUT2D eigenvalue weighted by atomic mass is 28.5. The largest absolute Gasteiger partial charge is 0.491 e. The third-order valence-electron chi connectivity index (χ3n) is 4.20. The van der Waals surface area contributed by atoms with E-state index in [-0.39, 0.29) is 0 Å². The van der Waals surface area contributed by atoms with Crippen LogP contribution in [0.3, 0.4) is 0 Å². The molecule has 0 aliphatic carbocycles. The third kappa shape index (κ3) is 8.54. The van der Waals surface area contributed by atoms with Gasteiger partial charge in [0.1, 0.15) is 0 Å². The molecule has 0 atom stereocenters. The summed E-state index contributed by atoms with van der Waals surface area (Å²) in [6, 6.07) is 1.95. The third-order valence-corrected chi connectivity index (χ3v) is 15.8. The van der Waals surface area contributed by atoms with Crippen molar-refractivity contribution in [2.45, 2.75) is 43.9 Å². The van der Waals surface area contributed by atoms with Gasteiger partial charge in [-0.05, 0) is 51.5 Å². The Morgan fingerprint density at radius 2 is 0.885 bits per heavy atom. The van der Waals surface area contributed by atoms with E-state index >= 15 is 0 Å². The first-order chi connectivity index (χ1) is 12.3. The van der Waals surface area contributed by atoms with Crippen LogP contribution in [0.25, 0.3) is 0 Å². The maximum absolute atomic E-state index is 6.51. The maximum Gasteiger partial charge on any atom is 0.491 e. The SMILES string of the molecule is CO[Si](CCCN)(OC)O[Si](C)(CCCN)O[Si](CCCN)(OC)OC. The molecule has 0 aromatic rings. The van der Waals surface area contributed by atoms with E-state index in [1.165, 1.54) is 0 Å². The summed E-state index contributed by atoms with van der Waals surface area (Å²) >= 11 is 0. The van der Waals surface area contributed by atoms with Crippen molar-refractivity contribution >= 4 is 26.2 Å². The zero-order chi connectivity index (χ0) is 20.1. The van der Waals surface area contributed by atoms with Gasteiger partial charge in [-0.25, -0.2) is 0 Å². The molecular formula is C14H39N3O6Si3. The highest BCUT2D eigenvalue weighted by Gasteiger charge is 2.53. The lowest BCUT2D eigenvalue weighted by Crippen LogP contribution is -2.61. The van der Waals surface area contributed by atoms with Gasteiger partial charge in [0.25, 0.3) is 0 Å². The van der Waals surface area contributed by atoms with E-state index in [4.69, 9.17) is 43.1 Å². The number of hydrogen-bond acceptors (Lipinski definition) is 9. The Labute approximate surface area is 161 Å². The minimum atomic E-state index is -2.90. The van der Waals surface area contributed by atoms with Crippen LogP contribution in [0.1, 0.15) is 19.3 Å². The van der Waals surface area contributed by atoms with Gasteiger partial charge in [0.15, 0.2) is 0 Å². The molecule has 9 nitrogen and oxygen atoms in total. The molecule has 6 N–H and O–H groups in total. The highest BCUT2D eigenvalue weighted by Crippen LogP contribution is 2.30.